The van der Waals surface area contributed by atoms with E-state index in [1.54, 1.807) is 0 Å². The highest BCUT2D eigenvalue weighted by Gasteiger charge is 2.21. The van der Waals surface area contributed by atoms with Crippen molar-refractivity contribution in [3.8, 4) is 0 Å². The summed E-state index contributed by atoms with van der Waals surface area (Å²) in [5.74, 6) is 2.01. The van der Waals surface area contributed by atoms with E-state index < -0.39 is 0 Å². The second kappa shape index (κ2) is 5.71. The van der Waals surface area contributed by atoms with Crippen LogP contribution in [0.5, 0.6) is 0 Å². The molecule has 0 aromatic carbocycles. The maximum Gasteiger partial charge on any atom is 0.135 e. The fraction of sp³-hybridized carbons (Fsp3) is 0.588. The molecule has 5 heteroatoms. The van der Waals surface area contributed by atoms with E-state index in [1.807, 2.05) is 18.7 Å². The highest BCUT2D eigenvalue weighted by atomic mass is 15.3. The molecule has 0 N–H and O–H groups in total. The molecule has 1 aliphatic rings. The maximum absolute atomic E-state index is 4.70. The Morgan fingerprint density at radius 3 is 2.59 bits per heavy atom. The minimum absolute atomic E-state index is 0.885. The average Bonchev–Trinajstić information content (AvgIpc) is 3.02. The zero-order valence-corrected chi connectivity index (χ0v) is 14.3. The van der Waals surface area contributed by atoms with E-state index in [9.17, 15) is 0 Å². The van der Waals surface area contributed by atoms with Crippen molar-refractivity contribution in [2.45, 2.75) is 46.5 Å². The summed E-state index contributed by atoms with van der Waals surface area (Å²) in [6, 6.07) is 0. The Hall–Kier alpha value is -1.91. The molecule has 118 valence electrons. The first kappa shape index (κ1) is 15.0. The van der Waals surface area contributed by atoms with Gasteiger partial charge in [0.25, 0.3) is 0 Å². The van der Waals surface area contributed by atoms with Crippen LogP contribution < -0.4 is 4.90 Å². The van der Waals surface area contributed by atoms with Crippen LogP contribution >= 0.6 is 0 Å². The van der Waals surface area contributed by atoms with Gasteiger partial charge in [0, 0.05) is 37.6 Å². The number of hydrogen-bond donors (Lipinski definition) is 0. The van der Waals surface area contributed by atoms with Crippen LogP contribution in [0.15, 0.2) is 0 Å². The molecule has 3 rings (SSSR count). The first-order valence-electron chi connectivity index (χ1n) is 8.04. The van der Waals surface area contributed by atoms with Gasteiger partial charge in [0.2, 0.25) is 0 Å². The third kappa shape index (κ3) is 2.60. The summed E-state index contributed by atoms with van der Waals surface area (Å²) in [4.78, 5) is 11.6. The van der Waals surface area contributed by atoms with Crippen molar-refractivity contribution in [1.29, 1.82) is 0 Å². The third-order valence-corrected chi connectivity index (χ3v) is 4.74. The summed E-state index contributed by atoms with van der Waals surface area (Å²) in [6.45, 7) is 7.18. The van der Waals surface area contributed by atoms with Gasteiger partial charge in [-0.2, -0.15) is 5.10 Å². The molecule has 0 bridgehead atoms. The molecule has 0 amide bonds. The maximum atomic E-state index is 4.70. The molecule has 2 aromatic heterocycles. The minimum atomic E-state index is 0.885. The Morgan fingerprint density at radius 2 is 1.91 bits per heavy atom. The van der Waals surface area contributed by atoms with Crippen LogP contribution in [0.1, 0.15) is 40.5 Å². The Bertz CT molecular complexity index is 702. The van der Waals surface area contributed by atoms with Gasteiger partial charge in [-0.3, -0.25) is 4.68 Å². The van der Waals surface area contributed by atoms with Gasteiger partial charge in [-0.1, -0.05) is 0 Å². The van der Waals surface area contributed by atoms with Crippen LogP contribution in [0.3, 0.4) is 0 Å². The number of hydrogen-bond acceptors (Lipinski definition) is 4. The van der Waals surface area contributed by atoms with Crippen LogP contribution in [0.25, 0.3) is 0 Å². The molecule has 2 heterocycles. The summed E-state index contributed by atoms with van der Waals surface area (Å²) in [5, 5.41) is 4.51. The highest BCUT2D eigenvalue weighted by molar-refractivity contribution is 5.50. The van der Waals surface area contributed by atoms with Crippen molar-refractivity contribution in [1.82, 2.24) is 19.7 Å². The largest absolute Gasteiger partial charge is 0.359 e. The predicted molar refractivity (Wildman–Crippen MR) is 88.5 cm³/mol. The monoisotopic (exact) mass is 299 g/mol. The van der Waals surface area contributed by atoms with Gasteiger partial charge in [-0.25, -0.2) is 9.97 Å². The van der Waals surface area contributed by atoms with Crippen LogP contribution in [-0.2, 0) is 26.3 Å². The molecule has 0 radical (unpaired) electrons. The summed E-state index contributed by atoms with van der Waals surface area (Å²) in [7, 11) is 4.15. The van der Waals surface area contributed by atoms with Crippen molar-refractivity contribution in [3.05, 3.63) is 34.0 Å². The smallest absolute Gasteiger partial charge is 0.135 e. The topological polar surface area (TPSA) is 46.8 Å². The molecular formula is C17H25N5. The number of anilines is 1. The Kier molecular flexibility index (Phi) is 3.89. The summed E-state index contributed by atoms with van der Waals surface area (Å²) < 4.78 is 1.97. The van der Waals surface area contributed by atoms with Crippen LogP contribution in [-0.4, -0.2) is 33.3 Å². The van der Waals surface area contributed by atoms with Crippen molar-refractivity contribution in [2.75, 3.05) is 18.5 Å². The van der Waals surface area contributed by atoms with Gasteiger partial charge in [0.1, 0.15) is 11.6 Å². The van der Waals surface area contributed by atoms with E-state index in [0.717, 1.165) is 43.1 Å². The zero-order chi connectivity index (χ0) is 15.9. The van der Waals surface area contributed by atoms with E-state index in [-0.39, 0.29) is 0 Å². The molecule has 0 aliphatic heterocycles. The molecule has 0 saturated carbocycles. The summed E-state index contributed by atoms with van der Waals surface area (Å²) in [6.07, 6.45) is 4.41. The molecule has 0 saturated heterocycles. The molecular weight excluding hydrogens is 274 g/mol. The van der Waals surface area contributed by atoms with Crippen LogP contribution in [0.2, 0.25) is 0 Å². The number of aromatic nitrogens is 4. The lowest BCUT2D eigenvalue weighted by atomic mass is 10.1. The summed E-state index contributed by atoms with van der Waals surface area (Å²) >= 11 is 0. The molecule has 0 fully saturated rings. The molecule has 22 heavy (non-hydrogen) atoms. The standard InChI is InChI=1S/C17H25N5/c1-11-14(12(2)22(5)20-11)9-10-21(4)17-15-7-6-8-16(15)18-13(3)19-17/h6-10H2,1-5H3. The molecule has 2 aromatic rings. The van der Waals surface area contributed by atoms with Gasteiger partial charge in [-0.05, 0) is 52.0 Å². The van der Waals surface area contributed by atoms with E-state index in [0.29, 0.717) is 0 Å². The zero-order valence-electron chi connectivity index (χ0n) is 14.3. The van der Waals surface area contributed by atoms with Gasteiger partial charge in [0.05, 0.1) is 5.69 Å². The Labute approximate surface area is 132 Å². The Balaban J connectivity index is 1.79. The lowest BCUT2D eigenvalue weighted by Crippen LogP contribution is -2.24. The number of aryl methyl sites for hydroxylation is 4. The normalized spacial score (nSPS) is 13.5. The first-order chi connectivity index (χ1) is 10.5. The fourth-order valence-corrected chi connectivity index (χ4v) is 3.41. The van der Waals surface area contributed by atoms with Crippen LogP contribution in [0.4, 0.5) is 5.82 Å². The van der Waals surface area contributed by atoms with Crippen molar-refractivity contribution in [3.63, 3.8) is 0 Å². The molecule has 1 aliphatic carbocycles. The van der Waals surface area contributed by atoms with E-state index in [1.165, 1.54) is 28.9 Å². The van der Waals surface area contributed by atoms with Crippen molar-refractivity contribution >= 4 is 5.82 Å². The van der Waals surface area contributed by atoms with Crippen LogP contribution in [0, 0.1) is 20.8 Å². The van der Waals surface area contributed by atoms with Gasteiger partial charge in [0.15, 0.2) is 0 Å². The highest BCUT2D eigenvalue weighted by Crippen LogP contribution is 2.28. The van der Waals surface area contributed by atoms with Crippen molar-refractivity contribution < 1.29 is 0 Å². The second-order valence-electron chi connectivity index (χ2n) is 6.32. The number of nitrogens with zero attached hydrogens (tertiary/aromatic N) is 5. The number of likely N-dealkylation sites (N-methyl/N-ethyl adjacent to an activating group) is 1. The van der Waals surface area contributed by atoms with E-state index in [2.05, 4.69) is 35.9 Å². The average molecular weight is 299 g/mol. The third-order valence-electron chi connectivity index (χ3n) is 4.74. The Morgan fingerprint density at radius 1 is 1.14 bits per heavy atom. The van der Waals surface area contributed by atoms with Gasteiger partial charge < -0.3 is 4.90 Å². The molecule has 0 spiro atoms. The van der Waals surface area contributed by atoms with Gasteiger partial charge >= 0.3 is 0 Å². The molecule has 0 atom stereocenters. The number of fused-ring (bicyclic) bond motifs is 1. The summed E-state index contributed by atoms with van der Waals surface area (Å²) in [5.41, 5.74) is 6.36. The van der Waals surface area contributed by atoms with E-state index >= 15 is 0 Å². The second-order valence-corrected chi connectivity index (χ2v) is 6.32. The quantitative estimate of drug-likeness (QED) is 0.869. The number of rotatable bonds is 4. The molecule has 5 nitrogen and oxygen atoms in total. The minimum Gasteiger partial charge on any atom is -0.359 e. The lowest BCUT2D eigenvalue weighted by Gasteiger charge is -2.21. The predicted octanol–water partition coefficient (Wildman–Crippen LogP) is 2.30. The van der Waals surface area contributed by atoms with E-state index in [4.69, 9.17) is 4.98 Å². The lowest BCUT2D eigenvalue weighted by molar-refractivity contribution is 0.729. The van der Waals surface area contributed by atoms with Gasteiger partial charge in [-0.15, -0.1) is 0 Å². The first-order valence-corrected chi connectivity index (χ1v) is 8.04. The van der Waals surface area contributed by atoms with Crippen molar-refractivity contribution in [2.24, 2.45) is 7.05 Å². The fourth-order valence-electron chi connectivity index (χ4n) is 3.41. The SMILES string of the molecule is Cc1nc2c(c(N(C)CCc3c(C)nn(C)c3C)n1)CCC2. The molecule has 0 unspecified atom stereocenters.